The molecule has 2 N–H and O–H groups in total. The number of nitrogens with one attached hydrogen (secondary N) is 1. The largest absolute Gasteiger partial charge is 0.478 e. The zero-order chi connectivity index (χ0) is 14.0. The maximum absolute atomic E-state index is 11.3. The van der Waals surface area contributed by atoms with Crippen molar-refractivity contribution in [1.82, 2.24) is 15.1 Å². The van der Waals surface area contributed by atoms with E-state index in [9.17, 15) is 9.59 Å². The Labute approximate surface area is 112 Å². The summed E-state index contributed by atoms with van der Waals surface area (Å²) >= 11 is 1.12. The second kappa shape index (κ2) is 5.27. The Morgan fingerprint density at radius 2 is 2.26 bits per heavy atom. The standard InChI is InChI=1S/C11H11N3O4S/c1-5-3-7(18-14-5)4-19-9-8(10(15)16)6(2)12-11(17)13-9/h3H,4H2,1-2H3,(H,15,16)(H,12,13,17). The molecular weight excluding hydrogens is 270 g/mol. The molecule has 0 spiro atoms. The van der Waals surface area contributed by atoms with Crippen LogP contribution in [0.5, 0.6) is 0 Å². The van der Waals surface area contributed by atoms with Gasteiger partial charge < -0.3 is 14.6 Å². The summed E-state index contributed by atoms with van der Waals surface area (Å²) in [6, 6.07) is 1.74. The minimum atomic E-state index is -1.13. The molecule has 0 saturated carbocycles. The van der Waals surface area contributed by atoms with E-state index in [2.05, 4.69) is 15.1 Å². The summed E-state index contributed by atoms with van der Waals surface area (Å²) in [5.41, 5.74) is 0.451. The average molecular weight is 281 g/mol. The summed E-state index contributed by atoms with van der Waals surface area (Å²) in [6.07, 6.45) is 0. The van der Waals surface area contributed by atoms with Crippen molar-refractivity contribution in [1.29, 1.82) is 0 Å². The minimum Gasteiger partial charge on any atom is -0.478 e. The van der Waals surface area contributed by atoms with Crippen molar-refractivity contribution in [2.24, 2.45) is 0 Å². The molecule has 19 heavy (non-hydrogen) atoms. The molecule has 0 aliphatic heterocycles. The number of aromatic amines is 1. The first-order valence-corrected chi connectivity index (χ1v) is 6.35. The lowest BCUT2D eigenvalue weighted by molar-refractivity contribution is 0.0690. The van der Waals surface area contributed by atoms with Crippen LogP contribution in [0.2, 0.25) is 0 Å². The molecule has 2 aromatic heterocycles. The Kier molecular flexibility index (Phi) is 3.70. The molecule has 8 heteroatoms. The number of carbonyl (C=O) groups is 1. The molecule has 0 bridgehead atoms. The van der Waals surface area contributed by atoms with Gasteiger partial charge >= 0.3 is 11.7 Å². The molecule has 0 aliphatic rings. The van der Waals surface area contributed by atoms with Crippen LogP contribution in [-0.4, -0.2) is 26.2 Å². The first kappa shape index (κ1) is 13.3. The lowest BCUT2D eigenvalue weighted by Gasteiger charge is -2.05. The number of rotatable bonds is 4. The average Bonchev–Trinajstić information content (AvgIpc) is 2.71. The molecular formula is C11H11N3O4S. The molecule has 0 saturated heterocycles. The van der Waals surface area contributed by atoms with Crippen LogP contribution < -0.4 is 5.69 Å². The summed E-state index contributed by atoms with van der Waals surface area (Å²) in [5.74, 6) is -0.173. The number of hydrogen-bond acceptors (Lipinski definition) is 6. The highest BCUT2D eigenvalue weighted by Gasteiger charge is 2.17. The van der Waals surface area contributed by atoms with Crippen LogP contribution in [0.1, 0.15) is 27.5 Å². The maximum Gasteiger partial charge on any atom is 0.346 e. The summed E-state index contributed by atoms with van der Waals surface area (Å²) in [6.45, 7) is 3.31. The van der Waals surface area contributed by atoms with Crippen molar-refractivity contribution in [3.05, 3.63) is 39.3 Å². The maximum atomic E-state index is 11.3. The number of hydrogen-bond donors (Lipinski definition) is 2. The van der Waals surface area contributed by atoms with Gasteiger partial charge in [-0.2, -0.15) is 4.98 Å². The quantitative estimate of drug-likeness (QED) is 0.643. The van der Waals surface area contributed by atoms with E-state index in [1.807, 2.05) is 0 Å². The van der Waals surface area contributed by atoms with Gasteiger partial charge in [0, 0.05) is 11.8 Å². The van der Waals surface area contributed by atoms with E-state index in [4.69, 9.17) is 9.63 Å². The molecule has 2 rings (SSSR count). The lowest BCUT2D eigenvalue weighted by Crippen LogP contribution is -2.18. The molecule has 0 atom stereocenters. The zero-order valence-corrected chi connectivity index (χ0v) is 11.1. The monoisotopic (exact) mass is 281 g/mol. The first-order chi connectivity index (χ1) is 8.97. The van der Waals surface area contributed by atoms with Gasteiger partial charge in [0.2, 0.25) is 0 Å². The van der Waals surface area contributed by atoms with E-state index >= 15 is 0 Å². The molecule has 0 aliphatic carbocycles. The highest BCUT2D eigenvalue weighted by molar-refractivity contribution is 7.98. The number of aromatic carboxylic acids is 1. The normalized spacial score (nSPS) is 10.6. The van der Waals surface area contributed by atoms with Gasteiger partial charge in [-0.1, -0.05) is 16.9 Å². The molecule has 0 unspecified atom stereocenters. The van der Waals surface area contributed by atoms with E-state index in [0.717, 1.165) is 17.5 Å². The SMILES string of the molecule is Cc1cc(CSc2nc(=O)[nH]c(C)c2C(=O)O)on1. The third-order valence-electron chi connectivity index (χ3n) is 2.33. The van der Waals surface area contributed by atoms with Crippen LogP contribution in [0, 0.1) is 13.8 Å². The molecule has 7 nitrogen and oxygen atoms in total. The number of nitrogens with zero attached hydrogens (tertiary/aromatic N) is 2. The summed E-state index contributed by atoms with van der Waals surface area (Å²) in [7, 11) is 0. The number of carboxylic acids is 1. The highest BCUT2D eigenvalue weighted by atomic mass is 32.2. The van der Waals surface area contributed by atoms with Crippen molar-refractivity contribution >= 4 is 17.7 Å². The van der Waals surface area contributed by atoms with E-state index in [-0.39, 0.29) is 16.3 Å². The smallest absolute Gasteiger partial charge is 0.346 e. The molecule has 0 fully saturated rings. The van der Waals surface area contributed by atoms with Crippen molar-refractivity contribution in [3.8, 4) is 0 Å². The lowest BCUT2D eigenvalue weighted by atomic mass is 10.2. The Hall–Kier alpha value is -2.09. The van der Waals surface area contributed by atoms with Gasteiger partial charge in [-0.05, 0) is 13.8 Å². The fraction of sp³-hybridized carbons (Fsp3) is 0.273. The zero-order valence-electron chi connectivity index (χ0n) is 10.3. The molecule has 0 radical (unpaired) electrons. The number of aryl methyl sites for hydroxylation is 2. The van der Waals surface area contributed by atoms with Gasteiger partial charge in [-0.25, -0.2) is 9.59 Å². The fourth-order valence-electron chi connectivity index (χ4n) is 1.54. The van der Waals surface area contributed by atoms with Crippen LogP contribution in [-0.2, 0) is 5.75 Å². The number of aromatic nitrogens is 3. The van der Waals surface area contributed by atoms with E-state index in [1.165, 1.54) is 6.92 Å². The third-order valence-corrected chi connectivity index (χ3v) is 3.33. The second-order valence-corrected chi connectivity index (χ2v) is 4.84. The van der Waals surface area contributed by atoms with Gasteiger partial charge in [0.25, 0.3) is 0 Å². The van der Waals surface area contributed by atoms with Gasteiger partial charge in [-0.15, -0.1) is 0 Å². The van der Waals surface area contributed by atoms with Crippen molar-refractivity contribution in [3.63, 3.8) is 0 Å². The molecule has 100 valence electrons. The van der Waals surface area contributed by atoms with Crippen LogP contribution in [0.4, 0.5) is 0 Å². The number of thioether (sulfide) groups is 1. The molecule has 2 heterocycles. The third kappa shape index (κ3) is 3.02. The van der Waals surface area contributed by atoms with Crippen molar-refractivity contribution < 1.29 is 14.4 Å². The van der Waals surface area contributed by atoms with E-state index in [0.29, 0.717) is 11.5 Å². The Morgan fingerprint density at radius 3 is 2.84 bits per heavy atom. The van der Waals surface area contributed by atoms with Gasteiger partial charge in [0.1, 0.15) is 16.3 Å². The fourth-order valence-corrected chi connectivity index (χ4v) is 2.49. The first-order valence-electron chi connectivity index (χ1n) is 5.36. The molecule has 2 aromatic rings. The van der Waals surface area contributed by atoms with Gasteiger partial charge in [-0.3, -0.25) is 0 Å². The Morgan fingerprint density at radius 1 is 1.53 bits per heavy atom. The van der Waals surface area contributed by atoms with Crippen LogP contribution in [0.15, 0.2) is 20.4 Å². The molecule has 0 aromatic carbocycles. The van der Waals surface area contributed by atoms with Gasteiger partial charge in [0.15, 0.2) is 0 Å². The predicted molar refractivity (Wildman–Crippen MR) is 67.4 cm³/mol. The second-order valence-electron chi connectivity index (χ2n) is 3.88. The van der Waals surface area contributed by atoms with Crippen LogP contribution in [0.3, 0.4) is 0 Å². The Bertz CT molecular complexity index is 677. The minimum absolute atomic E-state index is 0.000775. The van der Waals surface area contributed by atoms with Crippen molar-refractivity contribution in [2.75, 3.05) is 0 Å². The molecule has 0 amide bonds. The van der Waals surface area contributed by atoms with Crippen LogP contribution in [0.25, 0.3) is 0 Å². The number of carboxylic acid groups (broad SMARTS) is 1. The highest BCUT2D eigenvalue weighted by Crippen LogP contribution is 2.24. The van der Waals surface area contributed by atoms with E-state index in [1.54, 1.807) is 13.0 Å². The topological polar surface area (TPSA) is 109 Å². The summed E-state index contributed by atoms with van der Waals surface area (Å²) in [4.78, 5) is 28.5. The van der Waals surface area contributed by atoms with E-state index < -0.39 is 11.7 Å². The Balaban J connectivity index is 2.28. The predicted octanol–water partition coefficient (Wildman–Crippen LogP) is 1.37. The summed E-state index contributed by atoms with van der Waals surface area (Å²) < 4.78 is 5.01. The summed E-state index contributed by atoms with van der Waals surface area (Å²) in [5, 5.41) is 13.0. The number of H-pyrrole nitrogens is 1. The van der Waals surface area contributed by atoms with Crippen molar-refractivity contribution in [2.45, 2.75) is 24.6 Å². The van der Waals surface area contributed by atoms with Crippen LogP contribution >= 0.6 is 11.8 Å². The van der Waals surface area contributed by atoms with Gasteiger partial charge in [0.05, 0.1) is 11.4 Å².